The van der Waals surface area contributed by atoms with Crippen LogP contribution in [0.1, 0.15) is 51.3 Å². The molecule has 0 aliphatic carbocycles. The Morgan fingerprint density at radius 1 is 1.10 bits per heavy atom. The summed E-state index contributed by atoms with van der Waals surface area (Å²) in [6.07, 6.45) is 5.05. The molecule has 2 amide bonds. The zero-order chi connectivity index (χ0) is 29.8. The molecule has 0 spiro atoms. The number of benzene rings is 2. The van der Waals surface area contributed by atoms with E-state index in [0.29, 0.717) is 42.8 Å². The molecule has 3 heterocycles. The van der Waals surface area contributed by atoms with Crippen molar-refractivity contribution >= 4 is 57.9 Å². The zero-order valence-corrected chi connectivity index (χ0v) is 24.0. The van der Waals surface area contributed by atoms with Crippen molar-refractivity contribution in [2.75, 3.05) is 26.2 Å². The second-order valence-corrected chi connectivity index (χ2v) is 10.9. The number of carboxylic acids is 1. The Kier molecular flexibility index (Phi) is 8.85. The highest BCUT2D eigenvalue weighted by atomic mass is 35.5. The normalized spacial score (nSPS) is 16.0. The minimum atomic E-state index is -1.36. The number of hydrogen-bond donors (Lipinski definition) is 3. The van der Waals surface area contributed by atoms with E-state index < -0.39 is 17.9 Å². The van der Waals surface area contributed by atoms with Gasteiger partial charge >= 0.3 is 5.97 Å². The molecule has 0 bridgehead atoms. The monoisotopic (exact) mass is 610 g/mol. The summed E-state index contributed by atoms with van der Waals surface area (Å²) < 4.78 is 5.73. The first-order chi connectivity index (χ1) is 20.3. The minimum absolute atomic E-state index is 0.0337. The summed E-state index contributed by atoms with van der Waals surface area (Å²) in [5.74, 6) is -1.81. The van der Waals surface area contributed by atoms with Gasteiger partial charge in [-0.15, -0.1) is 4.99 Å². The molecule has 1 aromatic heterocycles. The van der Waals surface area contributed by atoms with Crippen molar-refractivity contribution in [3.05, 3.63) is 68.9 Å². The predicted molar refractivity (Wildman–Crippen MR) is 156 cm³/mol. The lowest BCUT2D eigenvalue weighted by molar-refractivity contribution is -0.139. The van der Waals surface area contributed by atoms with Crippen molar-refractivity contribution < 1.29 is 23.9 Å². The number of nitrogens with zero attached hydrogens (tertiary/aromatic N) is 4. The number of aliphatic carboxylic acids is 1. The van der Waals surface area contributed by atoms with E-state index in [1.54, 1.807) is 29.3 Å². The summed E-state index contributed by atoms with van der Waals surface area (Å²) in [7, 11) is 0. The Bertz CT molecular complexity index is 1570. The lowest BCUT2D eigenvalue weighted by Crippen LogP contribution is -2.52. The van der Waals surface area contributed by atoms with Gasteiger partial charge in [0.05, 0.1) is 15.6 Å². The number of rotatable bonds is 6. The topological polar surface area (TPSA) is 151 Å². The molecule has 1 atom stereocenters. The number of nitriles is 1. The lowest BCUT2D eigenvalue weighted by Gasteiger charge is -2.30. The van der Waals surface area contributed by atoms with Crippen LogP contribution in [0, 0.1) is 11.5 Å². The van der Waals surface area contributed by atoms with Crippen molar-refractivity contribution in [2.45, 2.75) is 38.3 Å². The Morgan fingerprint density at radius 3 is 2.57 bits per heavy atom. The summed E-state index contributed by atoms with van der Waals surface area (Å²) in [4.78, 5) is 45.7. The van der Waals surface area contributed by atoms with Crippen molar-refractivity contribution in [3.8, 4) is 6.19 Å². The quantitative estimate of drug-likeness (QED) is 0.215. The fraction of sp³-hybridized carbons (Fsp3) is 0.345. The molecular formula is C29H28Cl2N6O5. The molecule has 11 nitrogen and oxygen atoms in total. The number of aliphatic imine (C=N–C) groups is 1. The van der Waals surface area contributed by atoms with Crippen LogP contribution < -0.4 is 10.6 Å². The Balaban J connectivity index is 1.29. The van der Waals surface area contributed by atoms with Gasteiger partial charge < -0.3 is 30.0 Å². The van der Waals surface area contributed by atoms with Gasteiger partial charge in [0, 0.05) is 38.1 Å². The molecule has 5 rings (SSSR count). The fourth-order valence-corrected chi connectivity index (χ4v) is 6.04. The number of halogens is 2. The highest BCUT2D eigenvalue weighted by Gasteiger charge is 2.31. The highest BCUT2D eigenvalue weighted by Crippen LogP contribution is 2.35. The molecule has 0 saturated carbocycles. The minimum Gasteiger partial charge on any atom is -0.480 e. The Hall–Kier alpha value is -4.27. The molecule has 3 aromatic rings. The molecule has 2 aromatic carbocycles. The first kappa shape index (κ1) is 29.2. The van der Waals surface area contributed by atoms with Gasteiger partial charge in [0.1, 0.15) is 11.6 Å². The van der Waals surface area contributed by atoms with Crippen LogP contribution in [0.15, 0.2) is 45.8 Å². The van der Waals surface area contributed by atoms with Gasteiger partial charge in [0.15, 0.2) is 5.76 Å². The van der Waals surface area contributed by atoms with E-state index in [0.717, 1.165) is 24.6 Å². The molecule has 1 unspecified atom stereocenters. The summed E-state index contributed by atoms with van der Waals surface area (Å²) in [5, 5.41) is 25.2. The number of amides is 2. The highest BCUT2D eigenvalue weighted by molar-refractivity contribution is 6.40. The molecule has 218 valence electrons. The smallest absolute Gasteiger partial charge is 0.328 e. The number of piperidine rings is 1. The Labute approximate surface area is 251 Å². The maximum Gasteiger partial charge on any atom is 0.328 e. The van der Waals surface area contributed by atoms with Crippen LogP contribution in [-0.4, -0.2) is 70.9 Å². The van der Waals surface area contributed by atoms with Gasteiger partial charge in [0.2, 0.25) is 12.2 Å². The number of furan rings is 1. The molecule has 2 aliphatic rings. The van der Waals surface area contributed by atoms with Crippen molar-refractivity contribution in [3.63, 3.8) is 0 Å². The van der Waals surface area contributed by atoms with E-state index in [1.807, 2.05) is 23.1 Å². The van der Waals surface area contributed by atoms with Crippen molar-refractivity contribution in [1.82, 2.24) is 20.4 Å². The van der Waals surface area contributed by atoms with Crippen LogP contribution in [0.4, 0.5) is 0 Å². The molecule has 42 heavy (non-hydrogen) atoms. The molecular weight excluding hydrogens is 583 g/mol. The van der Waals surface area contributed by atoms with E-state index in [1.165, 1.54) is 0 Å². The second kappa shape index (κ2) is 12.7. The Morgan fingerprint density at radius 2 is 1.86 bits per heavy atom. The molecule has 1 fully saturated rings. The summed E-state index contributed by atoms with van der Waals surface area (Å²) in [5.41, 5.74) is 1.93. The van der Waals surface area contributed by atoms with Gasteiger partial charge in [-0.25, -0.2) is 4.79 Å². The third kappa shape index (κ3) is 6.15. The first-order valence-corrected chi connectivity index (χ1v) is 14.3. The SMILES string of the molecule is N#C/N=C(/NCC(NC(=O)c1c(Cl)cc2c(c1Cl)CCN(C(=O)c1cc3ccccc3o1)C2)C(=O)O)N1CCCCC1. The number of nitrogens with one attached hydrogen (secondary N) is 2. The van der Waals surface area contributed by atoms with E-state index >= 15 is 0 Å². The number of carboxylic acid groups (broad SMARTS) is 1. The number of carbonyl (C=O) groups excluding carboxylic acids is 2. The van der Waals surface area contributed by atoms with Crippen LogP contribution in [0.25, 0.3) is 11.0 Å². The summed E-state index contributed by atoms with van der Waals surface area (Å²) >= 11 is 13.2. The molecule has 3 N–H and O–H groups in total. The zero-order valence-electron chi connectivity index (χ0n) is 22.5. The fourth-order valence-electron chi connectivity index (χ4n) is 5.28. The van der Waals surface area contributed by atoms with Crippen LogP contribution in [-0.2, 0) is 17.8 Å². The van der Waals surface area contributed by atoms with Crippen molar-refractivity contribution in [1.29, 1.82) is 5.26 Å². The molecule has 13 heteroatoms. The largest absolute Gasteiger partial charge is 0.480 e. The van der Waals surface area contributed by atoms with Crippen LogP contribution in [0.3, 0.4) is 0 Å². The number of para-hydroxylation sites is 1. The van der Waals surface area contributed by atoms with Gasteiger partial charge in [-0.2, -0.15) is 5.26 Å². The second-order valence-electron chi connectivity index (χ2n) is 10.1. The van der Waals surface area contributed by atoms with Crippen LogP contribution >= 0.6 is 23.2 Å². The van der Waals surface area contributed by atoms with Gasteiger partial charge in [0.25, 0.3) is 11.8 Å². The third-order valence-electron chi connectivity index (χ3n) is 7.43. The summed E-state index contributed by atoms with van der Waals surface area (Å²) in [6.45, 7) is 1.73. The average molecular weight is 611 g/mol. The number of likely N-dealkylation sites (tertiary alicyclic amines) is 1. The molecule has 1 saturated heterocycles. The van der Waals surface area contributed by atoms with Crippen LogP contribution in [0.2, 0.25) is 10.0 Å². The van der Waals surface area contributed by atoms with Crippen LogP contribution in [0.5, 0.6) is 0 Å². The number of fused-ring (bicyclic) bond motifs is 2. The predicted octanol–water partition coefficient (Wildman–Crippen LogP) is 4.03. The van der Waals surface area contributed by atoms with Gasteiger partial charge in [-0.1, -0.05) is 41.4 Å². The third-order valence-corrected chi connectivity index (χ3v) is 8.15. The van der Waals surface area contributed by atoms with E-state index in [9.17, 15) is 19.5 Å². The van der Waals surface area contributed by atoms with Gasteiger partial charge in [-0.05, 0) is 55.0 Å². The first-order valence-electron chi connectivity index (χ1n) is 13.5. The molecule has 0 radical (unpaired) electrons. The van der Waals surface area contributed by atoms with E-state index in [4.69, 9.17) is 32.9 Å². The maximum atomic E-state index is 13.3. The van der Waals surface area contributed by atoms with E-state index in [-0.39, 0.29) is 46.3 Å². The lowest BCUT2D eigenvalue weighted by atomic mass is 9.96. The average Bonchev–Trinajstić information content (AvgIpc) is 3.42. The number of guanidine groups is 1. The molecule has 2 aliphatic heterocycles. The number of hydrogen-bond acceptors (Lipinski definition) is 6. The summed E-state index contributed by atoms with van der Waals surface area (Å²) in [6, 6.07) is 9.29. The van der Waals surface area contributed by atoms with Gasteiger partial charge in [-0.3, -0.25) is 9.59 Å². The maximum absolute atomic E-state index is 13.3. The number of carbonyl (C=O) groups is 3. The van der Waals surface area contributed by atoms with E-state index in [2.05, 4.69) is 15.6 Å². The standard InChI is InChI=1S/C29H28Cl2N6O5/c30-20-12-18-15-37(27(39)23-13-17-6-2-3-7-22(17)42-23)11-8-19(18)25(31)24(20)26(38)35-21(28(40)41)14-33-29(34-16-32)36-9-4-1-5-10-36/h2-3,6-7,12-13,21H,1,4-5,8-11,14-15H2,(H,33,34)(H,35,38)(H,40,41). The van der Waals surface area contributed by atoms with Crippen molar-refractivity contribution in [2.24, 2.45) is 4.99 Å².